The number of ether oxygens (including phenoxy) is 2. The van der Waals surface area contributed by atoms with Gasteiger partial charge in [-0.05, 0) is 18.2 Å². The molecule has 2 aromatic rings. The molecule has 21 heavy (non-hydrogen) atoms. The van der Waals surface area contributed by atoms with Crippen LogP contribution in [-0.4, -0.2) is 15.9 Å². The molecule has 0 fully saturated rings. The Hall–Kier alpha value is -3.01. The van der Waals surface area contributed by atoms with E-state index in [-0.39, 0.29) is 18.1 Å². The van der Waals surface area contributed by atoms with Crippen molar-refractivity contribution in [3.63, 3.8) is 0 Å². The minimum absolute atomic E-state index is 0.0848. The average Bonchev–Trinajstić information content (AvgIpc) is 2.96. The molecule has 0 atom stereocenters. The van der Waals surface area contributed by atoms with Crippen LogP contribution in [0.1, 0.15) is 5.56 Å². The molecule has 1 aromatic heterocycles. The van der Waals surface area contributed by atoms with Gasteiger partial charge >= 0.3 is 5.69 Å². The summed E-state index contributed by atoms with van der Waals surface area (Å²) in [6.07, 6.45) is 0. The quantitative estimate of drug-likeness (QED) is 0.754. The second kappa shape index (κ2) is 4.52. The first-order valence-electron chi connectivity index (χ1n) is 6.14. The molecule has 0 unspecified atom stereocenters. The highest BCUT2D eigenvalue weighted by Gasteiger charge is 2.20. The van der Waals surface area contributed by atoms with Gasteiger partial charge in [-0.3, -0.25) is 13.9 Å². The van der Waals surface area contributed by atoms with Crippen LogP contribution in [0.15, 0.2) is 27.8 Å². The van der Waals surface area contributed by atoms with Gasteiger partial charge in [0.05, 0.1) is 5.69 Å². The Morgan fingerprint density at radius 1 is 1.14 bits per heavy atom. The van der Waals surface area contributed by atoms with Gasteiger partial charge in [0.2, 0.25) is 6.79 Å². The molecule has 106 valence electrons. The second-order valence-corrected chi connectivity index (χ2v) is 4.61. The van der Waals surface area contributed by atoms with E-state index in [1.165, 1.54) is 18.7 Å². The van der Waals surface area contributed by atoms with Crippen LogP contribution < -0.4 is 20.7 Å². The lowest BCUT2D eigenvalue weighted by Gasteiger charge is -2.12. The van der Waals surface area contributed by atoms with Gasteiger partial charge in [0, 0.05) is 19.7 Å². The van der Waals surface area contributed by atoms with E-state index in [2.05, 4.69) is 0 Å². The number of nitrogens with zero attached hydrogens (tertiary/aromatic N) is 3. The van der Waals surface area contributed by atoms with Crippen molar-refractivity contribution in [3.05, 3.63) is 44.6 Å². The van der Waals surface area contributed by atoms with Crippen LogP contribution in [0.5, 0.6) is 11.5 Å². The van der Waals surface area contributed by atoms with Gasteiger partial charge in [0.1, 0.15) is 11.6 Å². The molecule has 7 nitrogen and oxygen atoms in total. The predicted octanol–water partition coefficient (Wildman–Crippen LogP) is 0.351. The topological polar surface area (TPSA) is 86.2 Å². The highest BCUT2D eigenvalue weighted by atomic mass is 16.7. The van der Waals surface area contributed by atoms with Crippen molar-refractivity contribution in [1.82, 2.24) is 9.13 Å². The molecule has 1 aliphatic heterocycles. The van der Waals surface area contributed by atoms with Crippen LogP contribution in [0.25, 0.3) is 11.3 Å². The Balaban J connectivity index is 2.36. The lowest BCUT2D eigenvalue weighted by molar-refractivity contribution is 0.174. The summed E-state index contributed by atoms with van der Waals surface area (Å²) < 4.78 is 12.7. The molecule has 0 spiro atoms. The van der Waals surface area contributed by atoms with Crippen molar-refractivity contribution < 1.29 is 9.47 Å². The Morgan fingerprint density at radius 3 is 2.57 bits per heavy atom. The number of hydrogen-bond donors (Lipinski definition) is 0. The zero-order valence-electron chi connectivity index (χ0n) is 11.4. The molecule has 3 rings (SSSR count). The molecule has 2 heterocycles. The number of nitriles is 1. The number of hydrogen-bond acceptors (Lipinski definition) is 5. The first-order valence-corrected chi connectivity index (χ1v) is 6.14. The number of fused-ring (bicyclic) bond motifs is 1. The van der Waals surface area contributed by atoms with E-state index in [4.69, 9.17) is 9.47 Å². The number of aromatic nitrogens is 2. The minimum Gasteiger partial charge on any atom is -0.454 e. The summed E-state index contributed by atoms with van der Waals surface area (Å²) in [5.74, 6) is 1.11. The van der Waals surface area contributed by atoms with Crippen molar-refractivity contribution in [2.45, 2.75) is 0 Å². The summed E-state index contributed by atoms with van der Waals surface area (Å²) in [6.45, 7) is 0.124. The largest absolute Gasteiger partial charge is 0.454 e. The van der Waals surface area contributed by atoms with E-state index in [0.717, 1.165) is 4.57 Å². The third-order valence-electron chi connectivity index (χ3n) is 3.42. The fourth-order valence-corrected chi connectivity index (χ4v) is 2.33. The van der Waals surface area contributed by atoms with Gasteiger partial charge in [-0.25, -0.2) is 4.79 Å². The number of benzene rings is 1. The second-order valence-electron chi connectivity index (χ2n) is 4.61. The Labute approximate surface area is 119 Å². The van der Waals surface area contributed by atoms with Gasteiger partial charge in [-0.15, -0.1) is 0 Å². The third-order valence-corrected chi connectivity index (χ3v) is 3.42. The zero-order chi connectivity index (χ0) is 15.1. The summed E-state index contributed by atoms with van der Waals surface area (Å²) >= 11 is 0. The molecule has 7 heteroatoms. The van der Waals surface area contributed by atoms with Crippen molar-refractivity contribution in [2.24, 2.45) is 14.1 Å². The van der Waals surface area contributed by atoms with Gasteiger partial charge in [0.25, 0.3) is 5.56 Å². The van der Waals surface area contributed by atoms with E-state index < -0.39 is 11.2 Å². The molecule has 0 radical (unpaired) electrons. The molecule has 0 aliphatic carbocycles. The first kappa shape index (κ1) is 13.0. The van der Waals surface area contributed by atoms with Gasteiger partial charge in [-0.2, -0.15) is 5.26 Å². The van der Waals surface area contributed by atoms with Crippen LogP contribution >= 0.6 is 0 Å². The van der Waals surface area contributed by atoms with Gasteiger partial charge < -0.3 is 9.47 Å². The summed E-state index contributed by atoms with van der Waals surface area (Å²) in [5, 5.41) is 9.26. The SMILES string of the molecule is Cn1c(-c2ccc3c(c2)OCO3)c(C#N)c(=O)n(C)c1=O. The molecule has 0 saturated heterocycles. The molecule has 0 amide bonds. The number of rotatable bonds is 1. The summed E-state index contributed by atoms with van der Waals surface area (Å²) in [7, 11) is 2.86. The zero-order valence-corrected chi connectivity index (χ0v) is 11.4. The minimum atomic E-state index is -0.617. The van der Waals surface area contributed by atoms with Crippen LogP contribution in [0.2, 0.25) is 0 Å². The van der Waals surface area contributed by atoms with Gasteiger partial charge in [-0.1, -0.05) is 0 Å². The van der Waals surface area contributed by atoms with Crippen molar-refractivity contribution in [3.8, 4) is 28.8 Å². The molecule has 0 saturated carbocycles. The lowest BCUT2D eigenvalue weighted by atomic mass is 10.1. The maximum absolute atomic E-state index is 12.1. The summed E-state index contributed by atoms with van der Waals surface area (Å²) in [6, 6.07) is 6.89. The highest BCUT2D eigenvalue weighted by molar-refractivity contribution is 5.69. The first-order chi connectivity index (χ1) is 10.0. The third kappa shape index (κ3) is 1.80. The highest BCUT2D eigenvalue weighted by Crippen LogP contribution is 2.35. The maximum atomic E-state index is 12.1. The van der Waals surface area contributed by atoms with Crippen LogP contribution in [0.4, 0.5) is 0 Å². The molecule has 0 bridgehead atoms. The van der Waals surface area contributed by atoms with Crippen molar-refractivity contribution >= 4 is 0 Å². The van der Waals surface area contributed by atoms with E-state index in [9.17, 15) is 14.9 Å². The fraction of sp³-hybridized carbons (Fsp3) is 0.214. The molecule has 0 N–H and O–H groups in total. The van der Waals surface area contributed by atoms with Crippen molar-refractivity contribution in [1.29, 1.82) is 5.26 Å². The normalized spacial score (nSPS) is 12.2. The lowest BCUT2D eigenvalue weighted by Crippen LogP contribution is -2.39. The van der Waals surface area contributed by atoms with E-state index >= 15 is 0 Å². The summed E-state index contributed by atoms with van der Waals surface area (Å²) in [4.78, 5) is 24.1. The van der Waals surface area contributed by atoms with Crippen LogP contribution in [0.3, 0.4) is 0 Å². The predicted molar refractivity (Wildman–Crippen MR) is 73.2 cm³/mol. The Kier molecular flexibility index (Phi) is 2.80. The Morgan fingerprint density at radius 2 is 1.86 bits per heavy atom. The molecule has 1 aliphatic rings. The Bertz CT molecular complexity index is 902. The standard InChI is InChI=1S/C14H11N3O4/c1-16-12(9(6-15)13(18)17(2)14(16)19)8-3-4-10-11(5-8)21-7-20-10/h3-5H,7H2,1-2H3. The summed E-state index contributed by atoms with van der Waals surface area (Å²) in [5.41, 5.74) is -0.379. The molecule has 1 aromatic carbocycles. The smallest absolute Gasteiger partial charge is 0.330 e. The monoisotopic (exact) mass is 285 g/mol. The van der Waals surface area contributed by atoms with E-state index in [1.807, 2.05) is 6.07 Å². The van der Waals surface area contributed by atoms with Crippen LogP contribution in [0, 0.1) is 11.3 Å². The molecular formula is C14H11N3O4. The van der Waals surface area contributed by atoms with Crippen LogP contribution in [-0.2, 0) is 14.1 Å². The van der Waals surface area contributed by atoms with Gasteiger partial charge in [0.15, 0.2) is 11.5 Å². The fourth-order valence-electron chi connectivity index (χ4n) is 2.33. The average molecular weight is 285 g/mol. The van der Waals surface area contributed by atoms with E-state index in [1.54, 1.807) is 18.2 Å². The molecular weight excluding hydrogens is 274 g/mol. The van der Waals surface area contributed by atoms with Crippen molar-refractivity contribution in [2.75, 3.05) is 6.79 Å². The van der Waals surface area contributed by atoms with E-state index in [0.29, 0.717) is 17.1 Å². The maximum Gasteiger partial charge on any atom is 0.330 e.